The van der Waals surface area contributed by atoms with Gasteiger partial charge in [-0.15, -0.1) is 4.73 Å². The fourth-order valence-electron chi connectivity index (χ4n) is 8.20. The topological polar surface area (TPSA) is 225 Å². The Morgan fingerprint density at radius 2 is 1.03 bits per heavy atom. The number of hydrogen-bond acceptors (Lipinski definition) is 17. The van der Waals surface area contributed by atoms with Crippen LogP contribution >= 0.6 is 0 Å². The predicted octanol–water partition coefficient (Wildman–Crippen LogP) is 7.57. The molecule has 1 aliphatic carbocycles. The number of carbonyl (C=O) groups is 6. The van der Waals surface area contributed by atoms with Crippen LogP contribution in [0.5, 0.6) is 11.8 Å². The highest BCUT2D eigenvalue weighted by atomic mass is 16.7. The van der Waals surface area contributed by atoms with Gasteiger partial charge in [-0.05, 0) is 154 Å². The minimum Gasteiger partial charge on any atom is -0.492 e. The summed E-state index contributed by atoms with van der Waals surface area (Å²) in [7, 11) is 0. The van der Waals surface area contributed by atoms with Crippen molar-refractivity contribution in [3.05, 3.63) is 42.0 Å². The van der Waals surface area contributed by atoms with Gasteiger partial charge in [-0.1, -0.05) is 25.0 Å². The van der Waals surface area contributed by atoms with Gasteiger partial charge < -0.3 is 49.0 Å². The van der Waals surface area contributed by atoms with E-state index in [1.54, 1.807) is 119 Å². The third-order valence-electron chi connectivity index (χ3n) is 10.7. The lowest BCUT2D eigenvalue weighted by molar-refractivity contribution is -0.164. The SMILES string of the molecule is CC(C)(C)OC(=O)CN(CC(=O)OC(C)(C)C)[C@@H](CCN(C(=O)OC(C)(C)C)C1CCCC[C@@H]1N(CC(=O)OC(C)(C)C)CC(=O)OC(C)(C)C)Cc1ccc(NCCCC(=O)On2c(O)ccc2O)cc1. The van der Waals surface area contributed by atoms with E-state index >= 15 is 0 Å². The van der Waals surface area contributed by atoms with E-state index < -0.39 is 93.8 Å². The minimum atomic E-state index is -0.888. The van der Waals surface area contributed by atoms with E-state index in [1.165, 1.54) is 12.1 Å². The largest absolute Gasteiger partial charge is 0.492 e. The molecule has 1 heterocycles. The maximum atomic E-state index is 14.6. The smallest absolute Gasteiger partial charge is 0.410 e. The molecule has 0 spiro atoms. The van der Waals surface area contributed by atoms with Crippen LogP contribution in [-0.4, -0.2) is 151 Å². The van der Waals surface area contributed by atoms with Gasteiger partial charge in [0.15, 0.2) is 0 Å². The van der Waals surface area contributed by atoms with Crippen molar-refractivity contribution in [2.45, 2.75) is 201 Å². The van der Waals surface area contributed by atoms with Crippen molar-refractivity contribution >= 4 is 41.6 Å². The highest BCUT2D eigenvalue weighted by Gasteiger charge is 2.41. The number of aromatic hydroxyl groups is 2. The normalized spacial score (nSPS) is 16.1. The quantitative estimate of drug-likeness (QED) is 0.0587. The zero-order valence-corrected chi connectivity index (χ0v) is 45.7. The number of nitrogens with zero attached hydrogens (tertiary/aromatic N) is 4. The van der Waals surface area contributed by atoms with Gasteiger partial charge >= 0.3 is 35.9 Å². The molecule has 72 heavy (non-hydrogen) atoms. The molecule has 2 aromatic rings. The number of carbonyl (C=O) groups excluding carboxylic acids is 6. The monoisotopic (exact) mass is 1020 g/mol. The van der Waals surface area contributed by atoms with E-state index in [4.69, 9.17) is 28.5 Å². The summed E-state index contributed by atoms with van der Waals surface area (Å²) in [5.74, 6) is -3.64. The van der Waals surface area contributed by atoms with E-state index in [9.17, 15) is 39.0 Å². The molecule has 1 saturated carbocycles. The second kappa shape index (κ2) is 25.9. The predicted molar refractivity (Wildman–Crippen MR) is 271 cm³/mol. The number of hydrogen-bond donors (Lipinski definition) is 3. The lowest BCUT2D eigenvalue weighted by atomic mass is 9.87. The molecule has 1 amide bonds. The zero-order valence-electron chi connectivity index (χ0n) is 45.7. The van der Waals surface area contributed by atoms with Crippen molar-refractivity contribution < 1.29 is 67.5 Å². The van der Waals surface area contributed by atoms with E-state index in [-0.39, 0.29) is 45.6 Å². The van der Waals surface area contributed by atoms with Gasteiger partial charge in [0.05, 0.1) is 32.2 Å². The first-order valence-electron chi connectivity index (χ1n) is 25.0. The molecule has 3 rings (SSSR count). The molecule has 3 atom stereocenters. The van der Waals surface area contributed by atoms with Crippen molar-refractivity contribution in [2.75, 3.05) is 44.6 Å². The number of esters is 4. The highest BCUT2D eigenvalue weighted by Crippen LogP contribution is 2.31. The van der Waals surface area contributed by atoms with E-state index in [2.05, 4.69) is 5.32 Å². The van der Waals surface area contributed by atoms with E-state index in [1.807, 2.05) is 24.3 Å². The van der Waals surface area contributed by atoms with Crippen LogP contribution < -0.4 is 10.2 Å². The summed E-state index contributed by atoms with van der Waals surface area (Å²) in [5.41, 5.74) is -2.52. The van der Waals surface area contributed by atoms with Crippen LogP contribution in [0.3, 0.4) is 0 Å². The second-order valence-corrected chi connectivity index (χ2v) is 23.4. The number of ether oxygens (including phenoxy) is 5. The molecule has 0 radical (unpaired) electrons. The molecule has 0 bridgehead atoms. The molecule has 19 heteroatoms. The summed E-state index contributed by atoms with van der Waals surface area (Å²) in [4.78, 5) is 91.6. The molecule has 0 aliphatic heterocycles. The molecule has 406 valence electrons. The number of amides is 1. The number of nitrogens with one attached hydrogen (secondary N) is 1. The third kappa shape index (κ3) is 23.3. The van der Waals surface area contributed by atoms with Crippen molar-refractivity contribution in [3.8, 4) is 11.8 Å². The Hall–Kier alpha value is -5.56. The molecule has 1 unspecified atom stereocenters. The maximum Gasteiger partial charge on any atom is 0.410 e. The molecule has 0 saturated heterocycles. The summed E-state index contributed by atoms with van der Waals surface area (Å²) in [6.07, 6.45) is 2.95. The second-order valence-electron chi connectivity index (χ2n) is 23.4. The van der Waals surface area contributed by atoms with Crippen molar-refractivity contribution in [2.24, 2.45) is 0 Å². The lowest BCUT2D eigenvalue weighted by Crippen LogP contribution is -2.58. The summed E-state index contributed by atoms with van der Waals surface area (Å²) in [5, 5.41) is 22.8. The molecule has 3 N–H and O–H groups in total. The Morgan fingerprint density at radius 3 is 1.47 bits per heavy atom. The fraction of sp³-hybridized carbons (Fsp3) is 0.698. The summed E-state index contributed by atoms with van der Waals surface area (Å²) in [6, 6.07) is 8.36. The van der Waals surface area contributed by atoms with E-state index in [0.717, 1.165) is 24.1 Å². The molecular formula is C53H85N5O14. The Balaban J connectivity index is 2.04. The molecule has 1 aromatic carbocycles. The van der Waals surface area contributed by atoms with Gasteiger partial charge in [0.25, 0.3) is 0 Å². The van der Waals surface area contributed by atoms with Crippen LogP contribution in [-0.2, 0) is 54.1 Å². The first-order chi connectivity index (χ1) is 33.1. The van der Waals surface area contributed by atoms with Crippen LogP contribution in [0.2, 0.25) is 0 Å². The van der Waals surface area contributed by atoms with E-state index in [0.29, 0.717) is 37.0 Å². The van der Waals surface area contributed by atoms with Crippen LogP contribution in [0.1, 0.15) is 154 Å². The average Bonchev–Trinajstić information content (AvgIpc) is 3.51. The number of aromatic nitrogens is 1. The number of rotatable bonds is 22. The first-order valence-corrected chi connectivity index (χ1v) is 25.0. The standard InChI is InChI=1S/C53H85N5O14/c1-49(2,3)67-44(62)32-55(33-45(63)68-50(4,5)6)38(31-36-22-24-37(25-23-36)54-29-18-21-43(61)72-58-41(59)26-27-42(58)60)28-30-57(48(66)71-53(13,14)15)40-20-17-16-19-39(40)56(34-46(64)69-51(7,8)9)35-47(65)70-52(10,11)12/h22-27,38-40,54,59-60H,16-21,28-35H2,1-15H3/t38-,39-,40?/m0/s1. The number of anilines is 1. The molecule has 19 nitrogen and oxygen atoms in total. The summed E-state index contributed by atoms with van der Waals surface area (Å²) >= 11 is 0. The van der Waals surface area contributed by atoms with Crippen LogP contribution in [0, 0.1) is 0 Å². The van der Waals surface area contributed by atoms with Crippen LogP contribution in [0.4, 0.5) is 10.5 Å². The fourth-order valence-corrected chi connectivity index (χ4v) is 8.20. The van der Waals surface area contributed by atoms with Gasteiger partial charge in [0.1, 0.15) is 28.0 Å². The van der Waals surface area contributed by atoms with Gasteiger partial charge in [-0.2, -0.15) is 0 Å². The Labute approximate surface area is 427 Å². The van der Waals surface area contributed by atoms with Gasteiger partial charge in [0.2, 0.25) is 11.8 Å². The summed E-state index contributed by atoms with van der Waals surface area (Å²) < 4.78 is 29.8. The molecular weight excluding hydrogens is 931 g/mol. The molecule has 1 aliphatic rings. The lowest BCUT2D eigenvalue weighted by Gasteiger charge is -2.45. The first kappa shape index (κ1) is 60.7. The van der Waals surface area contributed by atoms with Crippen molar-refractivity contribution in [1.82, 2.24) is 19.4 Å². The Bertz CT molecular complexity index is 2020. The summed E-state index contributed by atoms with van der Waals surface area (Å²) in [6.45, 7) is 26.0. The van der Waals surface area contributed by atoms with Gasteiger partial charge in [-0.25, -0.2) is 9.59 Å². The maximum absolute atomic E-state index is 14.6. The molecule has 1 fully saturated rings. The molecule has 1 aromatic heterocycles. The van der Waals surface area contributed by atoms with Crippen LogP contribution in [0.25, 0.3) is 0 Å². The number of benzene rings is 1. The van der Waals surface area contributed by atoms with Crippen molar-refractivity contribution in [1.29, 1.82) is 0 Å². The van der Waals surface area contributed by atoms with Gasteiger partial charge in [0, 0.05) is 49.4 Å². The average molecular weight is 1020 g/mol. The minimum absolute atomic E-state index is 0.00237. The third-order valence-corrected chi connectivity index (χ3v) is 10.7. The Kier molecular flexibility index (Phi) is 21.8. The van der Waals surface area contributed by atoms with Gasteiger partial charge in [-0.3, -0.25) is 29.0 Å². The highest BCUT2D eigenvalue weighted by molar-refractivity contribution is 5.77. The van der Waals surface area contributed by atoms with Crippen LogP contribution in [0.15, 0.2) is 36.4 Å². The zero-order chi connectivity index (χ0) is 54.4. The Morgan fingerprint density at radius 1 is 0.597 bits per heavy atom. The van der Waals surface area contributed by atoms with Crippen molar-refractivity contribution in [3.63, 3.8) is 0 Å².